The van der Waals surface area contributed by atoms with Gasteiger partial charge in [0.15, 0.2) is 0 Å². The minimum Gasteiger partial charge on any atom is -0.455 e. The zero-order chi connectivity index (χ0) is 22.4. The molecule has 1 saturated heterocycles. The van der Waals surface area contributed by atoms with Crippen LogP contribution >= 0.6 is 0 Å². The largest absolute Gasteiger partial charge is 0.455 e. The number of pyridine rings is 2. The molecule has 0 saturated carbocycles. The van der Waals surface area contributed by atoms with Crippen molar-refractivity contribution < 1.29 is 14.3 Å². The second-order valence-electron chi connectivity index (χ2n) is 7.77. The molecule has 8 heteroatoms. The van der Waals surface area contributed by atoms with Crippen LogP contribution in [0.3, 0.4) is 0 Å². The van der Waals surface area contributed by atoms with Crippen molar-refractivity contribution in [3.63, 3.8) is 0 Å². The quantitative estimate of drug-likeness (QED) is 0.500. The number of amides is 2. The predicted octanol–water partition coefficient (Wildman–Crippen LogP) is 3.68. The minimum atomic E-state index is -0.223. The maximum absolute atomic E-state index is 12.4. The van der Waals surface area contributed by atoms with E-state index in [0.29, 0.717) is 28.3 Å². The normalized spacial score (nSPS) is 13.9. The van der Waals surface area contributed by atoms with E-state index in [-0.39, 0.29) is 30.2 Å². The molecule has 1 aliphatic rings. The lowest BCUT2D eigenvalue weighted by Gasteiger charge is -2.20. The van der Waals surface area contributed by atoms with Crippen molar-refractivity contribution in [2.24, 2.45) is 7.05 Å². The third-order valence-corrected chi connectivity index (χ3v) is 5.64. The molecule has 0 radical (unpaired) electrons. The molecule has 4 heterocycles. The molecule has 0 bridgehead atoms. The van der Waals surface area contributed by atoms with Crippen LogP contribution < -0.4 is 15.2 Å². The highest BCUT2D eigenvalue weighted by Gasteiger charge is 2.32. The molecule has 8 nitrogen and oxygen atoms in total. The number of imide groups is 1. The Morgan fingerprint density at radius 2 is 1.84 bits per heavy atom. The fourth-order valence-electron chi connectivity index (χ4n) is 4.17. The fourth-order valence-corrected chi connectivity index (χ4v) is 4.17. The molecule has 1 fully saturated rings. The number of aryl methyl sites for hydroxylation is 2. The molecular weight excluding hydrogens is 408 g/mol. The highest BCUT2D eigenvalue weighted by molar-refractivity contribution is 6.20. The van der Waals surface area contributed by atoms with Crippen LogP contribution in [-0.4, -0.2) is 26.3 Å². The number of fused-ring (bicyclic) bond motifs is 1. The maximum atomic E-state index is 12.4. The number of nitrogens with one attached hydrogen (secondary N) is 1. The highest BCUT2D eigenvalue weighted by atomic mass is 16.5. The van der Waals surface area contributed by atoms with Gasteiger partial charge in [0, 0.05) is 55.0 Å². The molecule has 0 spiro atoms. The van der Waals surface area contributed by atoms with Crippen LogP contribution in [0.1, 0.15) is 18.4 Å². The first-order valence-corrected chi connectivity index (χ1v) is 10.2. The summed E-state index contributed by atoms with van der Waals surface area (Å²) in [5.41, 5.74) is 2.99. The van der Waals surface area contributed by atoms with Gasteiger partial charge >= 0.3 is 0 Å². The summed E-state index contributed by atoms with van der Waals surface area (Å²) in [6.45, 7) is 1.84. The monoisotopic (exact) mass is 428 g/mol. The van der Waals surface area contributed by atoms with Crippen LogP contribution in [0.25, 0.3) is 22.0 Å². The van der Waals surface area contributed by atoms with Gasteiger partial charge in [0.1, 0.15) is 17.0 Å². The summed E-state index contributed by atoms with van der Waals surface area (Å²) in [7, 11) is 1.80. The smallest absolute Gasteiger partial charge is 0.272 e. The lowest BCUT2D eigenvalue weighted by molar-refractivity contribution is -0.121. The molecule has 0 atom stereocenters. The lowest BCUT2D eigenvalue weighted by Crippen LogP contribution is -2.29. The summed E-state index contributed by atoms with van der Waals surface area (Å²) in [5, 5.41) is 0.737. The molecule has 1 aliphatic heterocycles. The third-order valence-electron chi connectivity index (χ3n) is 5.64. The molecule has 5 rings (SSSR count). The average molecular weight is 428 g/mol. The van der Waals surface area contributed by atoms with Gasteiger partial charge in [0.05, 0.1) is 11.9 Å². The Kier molecular flexibility index (Phi) is 4.62. The van der Waals surface area contributed by atoms with Crippen molar-refractivity contribution in [2.75, 3.05) is 4.90 Å². The molecule has 160 valence electrons. The van der Waals surface area contributed by atoms with Crippen molar-refractivity contribution >= 4 is 28.4 Å². The lowest BCUT2D eigenvalue weighted by atomic mass is 10.0. The Morgan fingerprint density at radius 3 is 2.56 bits per heavy atom. The van der Waals surface area contributed by atoms with Crippen LogP contribution in [-0.2, 0) is 16.6 Å². The molecule has 1 aromatic carbocycles. The Labute approximate surface area is 183 Å². The van der Waals surface area contributed by atoms with E-state index < -0.39 is 0 Å². The van der Waals surface area contributed by atoms with Crippen LogP contribution in [0.15, 0.2) is 59.9 Å². The first-order chi connectivity index (χ1) is 15.4. The fraction of sp³-hybridized carbons (Fsp3) is 0.167. The third kappa shape index (κ3) is 3.17. The zero-order valence-corrected chi connectivity index (χ0v) is 17.6. The molecule has 0 aliphatic carbocycles. The van der Waals surface area contributed by atoms with Crippen LogP contribution in [0.4, 0.5) is 5.69 Å². The van der Waals surface area contributed by atoms with Gasteiger partial charge in [-0.3, -0.25) is 24.3 Å². The van der Waals surface area contributed by atoms with Gasteiger partial charge < -0.3 is 14.3 Å². The van der Waals surface area contributed by atoms with Gasteiger partial charge in [-0.15, -0.1) is 0 Å². The number of rotatable bonds is 4. The number of anilines is 1. The van der Waals surface area contributed by atoms with Gasteiger partial charge in [-0.1, -0.05) is 0 Å². The molecule has 0 unspecified atom stereocenters. The number of carbonyl (C=O) groups is 2. The summed E-state index contributed by atoms with van der Waals surface area (Å²) in [6.07, 6.45) is 7.10. The first kappa shape index (κ1) is 19.7. The Bertz CT molecular complexity index is 1420. The topological polar surface area (TPSA) is 97.3 Å². The van der Waals surface area contributed by atoms with Crippen LogP contribution in [0, 0.1) is 6.92 Å². The summed E-state index contributed by atoms with van der Waals surface area (Å²) in [4.78, 5) is 45.3. The van der Waals surface area contributed by atoms with Crippen molar-refractivity contribution in [3.05, 3.63) is 71.0 Å². The molecule has 32 heavy (non-hydrogen) atoms. The zero-order valence-electron chi connectivity index (χ0n) is 17.6. The van der Waals surface area contributed by atoms with Gasteiger partial charge in [-0.25, -0.2) is 0 Å². The summed E-state index contributed by atoms with van der Waals surface area (Å²) in [6, 6.07) is 8.99. The number of aromatic nitrogens is 3. The van der Waals surface area contributed by atoms with E-state index >= 15 is 0 Å². The van der Waals surface area contributed by atoms with E-state index in [1.165, 1.54) is 4.90 Å². The van der Waals surface area contributed by atoms with Crippen molar-refractivity contribution in [3.8, 4) is 22.6 Å². The second kappa shape index (κ2) is 7.49. The number of carbonyl (C=O) groups excluding carboxylic acids is 2. The summed E-state index contributed by atoms with van der Waals surface area (Å²) in [5.74, 6) is 0.636. The second-order valence-corrected chi connectivity index (χ2v) is 7.77. The van der Waals surface area contributed by atoms with E-state index in [9.17, 15) is 14.4 Å². The first-order valence-electron chi connectivity index (χ1n) is 10.2. The maximum Gasteiger partial charge on any atom is 0.272 e. The van der Waals surface area contributed by atoms with Crippen molar-refractivity contribution in [2.45, 2.75) is 19.8 Å². The van der Waals surface area contributed by atoms with Crippen molar-refractivity contribution in [1.82, 2.24) is 14.5 Å². The van der Waals surface area contributed by atoms with Gasteiger partial charge in [-0.05, 0) is 42.8 Å². The number of ether oxygens (including phenoxy) is 1. The summed E-state index contributed by atoms with van der Waals surface area (Å²) >= 11 is 0. The summed E-state index contributed by atoms with van der Waals surface area (Å²) < 4.78 is 7.91. The standard InChI is InChI=1S/C24H20N4O4/c1-14-10-20(32-15-4-3-8-25-12-15)17(11-19(14)28-21(29)5-6-22(28)30)18-13-27(2)23-16(18)7-9-26-24(23)31/h3-4,7-13H,5-6H2,1-2H3,(H,26,31). The Balaban J connectivity index is 1.76. The van der Waals surface area contributed by atoms with E-state index in [1.807, 2.05) is 25.3 Å². The highest BCUT2D eigenvalue weighted by Crippen LogP contribution is 2.42. The molecular formula is C24H20N4O4. The van der Waals surface area contributed by atoms with Crippen molar-refractivity contribution in [1.29, 1.82) is 0 Å². The van der Waals surface area contributed by atoms with E-state index in [0.717, 1.165) is 16.5 Å². The molecule has 4 aromatic rings. The number of aromatic amines is 1. The minimum absolute atomic E-state index is 0.200. The van der Waals surface area contributed by atoms with E-state index in [4.69, 9.17) is 4.74 Å². The number of benzene rings is 1. The average Bonchev–Trinajstić information content (AvgIpc) is 3.29. The predicted molar refractivity (Wildman–Crippen MR) is 120 cm³/mol. The Morgan fingerprint density at radius 1 is 1.06 bits per heavy atom. The number of hydrogen-bond acceptors (Lipinski definition) is 5. The molecule has 2 amide bonds. The Hall–Kier alpha value is -4.20. The van der Waals surface area contributed by atoms with Gasteiger partial charge in [0.2, 0.25) is 11.8 Å². The van der Waals surface area contributed by atoms with Gasteiger partial charge in [0.25, 0.3) is 5.56 Å². The number of H-pyrrole nitrogens is 1. The van der Waals surface area contributed by atoms with Gasteiger partial charge in [-0.2, -0.15) is 0 Å². The van der Waals surface area contributed by atoms with E-state index in [1.54, 1.807) is 48.4 Å². The van der Waals surface area contributed by atoms with Crippen LogP contribution in [0.2, 0.25) is 0 Å². The van der Waals surface area contributed by atoms with E-state index in [2.05, 4.69) is 9.97 Å². The van der Waals surface area contributed by atoms with Crippen LogP contribution in [0.5, 0.6) is 11.5 Å². The molecule has 1 N–H and O–H groups in total. The number of hydrogen-bond donors (Lipinski definition) is 1. The molecule has 3 aromatic heterocycles. The number of nitrogens with zero attached hydrogens (tertiary/aromatic N) is 3. The SMILES string of the molecule is Cc1cc(Oc2cccnc2)c(-c2cn(C)c3c(=O)[nH]ccc23)cc1N1C(=O)CCC1=O.